The first-order valence-corrected chi connectivity index (χ1v) is 11.7. The maximum Gasteiger partial charge on any atom is 0.233 e. The number of carbonyl (C=O) groups excluding carboxylic acids is 2. The van der Waals surface area contributed by atoms with Gasteiger partial charge in [0, 0.05) is 26.7 Å². The number of benzene rings is 1. The maximum atomic E-state index is 12.7. The quantitative estimate of drug-likeness (QED) is 0.204. The van der Waals surface area contributed by atoms with Crippen molar-refractivity contribution in [1.82, 2.24) is 15.5 Å². The molecule has 1 heterocycles. The summed E-state index contributed by atoms with van der Waals surface area (Å²) >= 11 is 0. The smallest absolute Gasteiger partial charge is 0.233 e. The SMILES string of the molecule is CN=C(NCCCN1C(=O)C2C3C=CC(C3)C2C1=O)NCc1ccc(OCC(C)C)cc1. The lowest BCUT2D eigenvalue weighted by Crippen LogP contribution is -2.39. The van der Waals surface area contributed by atoms with Gasteiger partial charge in [-0.05, 0) is 48.3 Å². The van der Waals surface area contributed by atoms with Crippen LogP contribution in [-0.4, -0.2) is 49.4 Å². The van der Waals surface area contributed by atoms with Crippen LogP contribution in [0.4, 0.5) is 0 Å². The van der Waals surface area contributed by atoms with Gasteiger partial charge in [-0.3, -0.25) is 19.5 Å². The molecule has 2 aliphatic carbocycles. The molecule has 1 saturated heterocycles. The molecular weight excluding hydrogens is 404 g/mol. The predicted octanol–water partition coefficient (Wildman–Crippen LogP) is 2.58. The molecule has 0 aromatic heterocycles. The zero-order valence-electron chi connectivity index (χ0n) is 19.2. The topological polar surface area (TPSA) is 83.0 Å². The number of rotatable bonds is 9. The van der Waals surface area contributed by atoms with Gasteiger partial charge in [-0.15, -0.1) is 0 Å². The molecule has 1 aromatic rings. The lowest BCUT2D eigenvalue weighted by molar-refractivity contribution is -0.140. The number of nitrogens with zero attached hydrogens (tertiary/aromatic N) is 2. The van der Waals surface area contributed by atoms with Gasteiger partial charge in [0.1, 0.15) is 5.75 Å². The van der Waals surface area contributed by atoms with Gasteiger partial charge in [-0.25, -0.2) is 0 Å². The Balaban J connectivity index is 1.17. The molecule has 1 aliphatic heterocycles. The van der Waals surface area contributed by atoms with E-state index < -0.39 is 0 Å². The number of likely N-dealkylation sites (tertiary alicyclic amines) is 1. The minimum Gasteiger partial charge on any atom is -0.493 e. The summed E-state index contributed by atoms with van der Waals surface area (Å²) < 4.78 is 5.72. The number of allylic oxidation sites excluding steroid dienone is 2. The minimum atomic E-state index is -0.109. The fourth-order valence-electron chi connectivity index (χ4n) is 5.00. The molecule has 3 aliphatic rings. The lowest BCUT2D eigenvalue weighted by Gasteiger charge is -2.18. The van der Waals surface area contributed by atoms with Crippen LogP contribution >= 0.6 is 0 Å². The van der Waals surface area contributed by atoms with Crippen molar-refractivity contribution >= 4 is 17.8 Å². The number of aliphatic imine (C=N–C) groups is 1. The number of ether oxygens (including phenoxy) is 1. The Bertz CT molecular complexity index is 863. The van der Waals surface area contributed by atoms with E-state index >= 15 is 0 Å². The van der Waals surface area contributed by atoms with Gasteiger partial charge < -0.3 is 15.4 Å². The van der Waals surface area contributed by atoms with E-state index in [1.807, 2.05) is 24.3 Å². The number of carbonyl (C=O) groups is 2. The highest BCUT2D eigenvalue weighted by Gasteiger charge is 2.58. The molecule has 7 nitrogen and oxygen atoms in total. The van der Waals surface area contributed by atoms with Gasteiger partial charge in [-0.1, -0.05) is 38.1 Å². The maximum absolute atomic E-state index is 12.7. The summed E-state index contributed by atoms with van der Waals surface area (Å²) in [6.45, 7) is 6.72. The highest BCUT2D eigenvalue weighted by Crippen LogP contribution is 2.52. The molecular formula is C25H34N4O3. The number of fused-ring (bicyclic) bond motifs is 5. The van der Waals surface area contributed by atoms with Gasteiger partial charge in [-0.2, -0.15) is 0 Å². The van der Waals surface area contributed by atoms with E-state index in [1.165, 1.54) is 4.90 Å². The zero-order valence-corrected chi connectivity index (χ0v) is 19.2. The van der Waals surface area contributed by atoms with E-state index in [0.29, 0.717) is 44.5 Å². The highest BCUT2D eigenvalue weighted by molar-refractivity contribution is 6.06. The van der Waals surface area contributed by atoms with Crippen LogP contribution in [0.3, 0.4) is 0 Å². The van der Waals surface area contributed by atoms with Crippen molar-refractivity contribution < 1.29 is 14.3 Å². The van der Waals surface area contributed by atoms with E-state index in [4.69, 9.17) is 4.74 Å². The second-order valence-electron chi connectivity index (χ2n) is 9.38. The Morgan fingerprint density at radius 1 is 1.09 bits per heavy atom. The first-order valence-electron chi connectivity index (χ1n) is 11.7. The Morgan fingerprint density at radius 3 is 2.34 bits per heavy atom. The normalized spacial score (nSPS) is 26.2. The van der Waals surface area contributed by atoms with Crippen molar-refractivity contribution in [2.75, 3.05) is 26.7 Å². The van der Waals surface area contributed by atoms with Gasteiger partial charge in [0.15, 0.2) is 5.96 Å². The van der Waals surface area contributed by atoms with Crippen LogP contribution < -0.4 is 15.4 Å². The first-order chi connectivity index (χ1) is 15.5. The molecule has 0 radical (unpaired) electrons. The van der Waals surface area contributed by atoms with Crippen molar-refractivity contribution in [2.24, 2.45) is 34.6 Å². The van der Waals surface area contributed by atoms with Gasteiger partial charge >= 0.3 is 0 Å². The Kier molecular flexibility index (Phi) is 6.82. The summed E-state index contributed by atoms with van der Waals surface area (Å²) in [5.74, 6) is 2.45. The van der Waals surface area contributed by atoms with Crippen molar-refractivity contribution in [3.8, 4) is 5.75 Å². The van der Waals surface area contributed by atoms with E-state index in [9.17, 15) is 9.59 Å². The molecule has 172 valence electrons. The van der Waals surface area contributed by atoms with Crippen LogP contribution in [-0.2, 0) is 16.1 Å². The summed E-state index contributed by atoms with van der Waals surface area (Å²) in [6, 6.07) is 8.05. The molecule has 0 spiro atoms. The average molecular weight is 439 g/mol. The monoisotopic (exact) mass is 438 g/mol. The van der Waals surface area contributed by atoms with Crippen LogP contribution in [0.2, 0.25) is 0 Å². The van der Waals surface area contributed by atoms with Crippen molar-refractivity contribution in [2.45, 2.75) is 33.2 Å². The highest BCUT2D eigenvalue weighted by atomic mass is 16.5. The molecule has 2 fully saturated rings. The third kappa shape index (κ3) is 4.66. The van der Waals surface area contributed by atoms with Crippen molar-refractivity contribution in [3.63, 3.8) is 0 Å². The van der Waals surface area contributed by atoms with Crippen LogP contribution in [0.1, 0.15) is 32.3 Å². The fraction of sp³-hybridized carbons (Fsp3) is 0.560. The standard InChI is InChI=1S/C25H34N4O3/c1-16(2)15-32-20-9-5-17(6-10-20)14-28-25(26-3)27-11-4-12-29-23(30)21-18-7-8-19(13-18)22(21)24(29)31/h5-10,16,18-19,21-22H,4,11-15H2,1-3H3,(H2,26,27,28). The third-order valence-electron chi connectivity index (χ3n) is 6.60. The summed E-state index contributed by atoms with van der Waals surface area (Å²) in [5, 5.41) is 6.57. The Morgan fingerprint density at radius 2 is 1.75 bits per heavy atom. The molecule has 1 saturated carbocycles. The van der Waals surface area contributed by atoms with Crippen LogP contribution in [0.15, 0.2) is 41.4 Å². The van der Waals surface area contributed by atoms with Crippen LogP contribution in [0.25, 0.3) is 0 Å². The van der Waals surface area contributed by atoms with Crippen molar-refractivity contribution in [1.29, 1.82) is 0 Å². The minimum absolute atomic E-state index is 0.0279. The number of imide groups is 1. The largest absolute Gasteiger partial charge is 0.493 e. The molecule has 4 unspecified atom stereocenters. The van der Waals surface area contributed by atoms with Crippen molar-refractivity contribution in [3.05, 3.63) is 42.0 Å². The number of amides is 2. The van der Waals surface area contributed by atoms with Gasteiger partial charge in [0.25, 0.3) is 0 Å². The summed E-state index contributed by atoms with van der Waals surface area (Å²) in [5.41, 5.74) is 1.13. The summed E-state index contributed by atoms with van der Waals surface area (Å²) in [7, 11) is 1.73. The summed E-state index contributed by atoms with van der Waals surface area (Å²) in [4.78, 5) is 31.2. The summed E-state index contributed by atoms with van der Waals surface area (Å²) in [6.07, 6.45) is 5.92. The average Bonchev–Trinajstić information content (AvgIpc) is 3.47. The molecule has 2 N–H and O–H groups in total. The molecule has 4 atom stereocenters. The molecule has 2 amide bonds. The third-order valence-corrected chi connectivity index (χ3v) is 6.60. The fourth-order valence-corrected chi connectivity index (χ4v) is 5.00. The molecule has 4 rings (SSSR count). The Labute approximate surface area is 190 Å². The molecule has 7 heteroatoms. The van der Waals surface area contributed by atoms with Gasteiger partial charge in [0.2, 0.25) is 11.8 Å². The second-order valence-corrected chi connectivity index (χ2v) is 9.38. The van der Waals surface area contributed by atoms with Gasteiger partial charge in [0.05, 0.1) is 18.4 Å². The molecule has 2 bridgehead atoms. The van der Waals surface area contributed by atoms with Crippen LogP contribution in [0.5, 0.6) is 5.75 Å². The van der Waals surface area contributed by atoms with E-state index in [1.54, 1.807) is 7.05 Å². The van der Waals surface area contributed by atoms with E-state index in [2.05, 4.69) is 41.6 Å². The molecule has 32 heavy (non-hydrogen) atoms. The zero-order chi connectivity index (χ0) is 22.7. The number of guanidine groups is 1. The predicted molar refractivity (Wildman–Crippen MR) is 124 cm³/mol. The van der Waals surface area contributed by atoms with Crippen LogP contribution in [0, 0.1) is 29.6 Å². The number of hydrogen-bond acceptors (Lipinski definition) is 4. The van der Waals surface area contributed by atoms with E-state index in [0.717, 1.165) is 17.7 Å². The van der Waals surface area contributed by atoms with E-state index in [-0.39, 0.29) is 35.5 Å². The number of nitrogens with one attached hydrogen (secondary N) is 2. The number of hydrogen-bond donors (Lipinski definition) is 2. The second kappa shape index (κ2) is 9.76. The Hall–Kier alpha value is -2.83. The first kappa shape index (κ1) is 22.4. The molecule has 1 aromatic carbocycles. The lowest BCUT2D eigenvalue weighted by atomic mass is 9.85.